The van der Waals surface area contributed by atoms with E-state index in [4.69, 9.17) is 0 Å². The predicted octanol–water partition coefficient (Wildman–Crippen LogP) is 1.49. The van der Waals surface area contributed by atoms with Crippen LogP contribution in [0.25, 0.3) is 0 Å². The van der Waals surface area contributed by atoms with Gasteiger partial charge in [0.1, 0.15) is 0 Å². The fourth-order valence-corrected chi connectivity index (χ4v) is 1.59. The van der Waals surface area contributed by atoms with Crippen molar-refractivity contribution in [1.29, 1.82) is 0 Å². The average Bonchev–Trinajstić information content (AvgIpc) is 2.77. The lowest BCUT2D eigenvalue weighted by molar-refractivity contribution is 0.758. The molecule has 5 nitrogen and oxygen atoms in total. The molecule has 0 aliphatic rings. The van der Waals surface area contributed by atoms with Crippen molar-refractivity contribution < 1.29 is 0 Å². The van der Waals surface area contributed by atoms with Crippen LogP contribution in [0.2, 0.25) is 0 Å². The van der Waals surface area contributed by atoms with E-state index in [1.165, 1.54) is 5.56 Å². The van der Waals surface area contributed by atoms with Crippen LogP contribution in [0.15, 0.2) is 24.8 Å². The molecule has 0 radical (unpaired) electrons. The Hall–Kier alpha value is -1.78. The lowest BCUT2D eigenvalue weighted by atomic mass is 10.3. The maximum absolute atomic E-state index is 4.28. The van der Waals surface area contributed by atoms with E-state index in [1.807, 2.05) is 30.3 Å². The van der Waals surface area contributed by atoms with Gasteiger partial charge in [-0.15, -0.1) is 0 Å². The first-order chi connectivity index (χ1) is 7.65. The van der Waals surface area contributed by atoms with Gasteiger partial charge < -0.3 is 9.88 Å². The lowest BCUT2D eigenvalue weighted by Crippen LogP contribution is -2.14. The molecule has 0 aromatic carbocycles. The number of aromatic nitrogens is 4. The van der Waals surface area contributed by atoms with Gasteiger partial charge in [-0.25, -0.2) is 4.98 Å². The summed E-state index contributed by atoms with van der Waals surface area (Å²) in [7, 11) is 1.92. The van der Waals surface area contributed by atoms with Crippen LogP contribution in [-0.2, 0) is 13.6 Å². The van der Waals surface area contributed by atoms with E-state index in [1.54, 1.807) is 6.20 Å². The first kappa shape index (κ1) is 10.7. The molecule has 0 aliphatic carbocycles. The van der Waals surface area contributed by atoms with Crippen LogP contribution in [0.5, 0.6) is 0 Å². The van der Waals surface area contributed by atoms with Crippen LogP contribution in [0.4, 0.5) is 5.95 Å². The zero-order valence-corrected chi connectivity index (χ0v) is 9.88. The molecule has 0 saturated heterocycles. The summed E-state index contributed by atoms with van der Waals surface area (Å²) in [5.74, 6) is 0.902. The zero-order chi connectivity index (χ0) is 11.5. The van der Waals surface area contributed by atoms with Gasteiger partial charge in [0, 0.05) is 37.2 Å². The van der Waals surface area contributed by atoms with Crippen LogP contribution in [-0.4, -0.2) is 25.4 Å². The Bertz CT molecular complexity index is 454. The molecule has 0 unspecified atom stereocenters. The molecule has 0 fully saturated rings. The lowest BCUT2D eigenvalue weighted by Gasteiger charge is -2.11. The largest absolute Gasteiger partial charge is 0.353 e. The van der Waals surface area contributed by atoms with Gasteiger partial charge in [0.25, 0.3) is 0 Å². The second-order valence-corrected chi connectivity index (χ2v) is 4.20. The Kier molecular flexibility index (Phi) is 2.94. The van der Waals surface area contributed by atoms with Gasteiger partial charge in [-0.2, -0.15) is 5.10 Å². The van der Waals surface area contributed by atoms with Crippen molar-refractivity contribution in [2.45, 2.75) is 26.4 Å². The second kappa shape index (κ2) is 4.38. The van der Waals surface area contributed by atoms with Gasteiger partial charge in [-0.05, 0) is 13.8 Å². The van der Waals surface area contributed by atoms with Gasteiger partial charge in [-0.1, -0.05) is 0 Å². The SMILES string of the molecule is CC(C)Nc1nccn1Cc1cnn(C)c1. The summed E-state index contributed by atoms with van der Waals surface area (Å²) >= 11 is 0. The molecule has 0 atom stereocenters. The predicted molar refractivity (Wildman–Crippen MR) is 63.3 cm³/mol. The highest BCUT2D eigenvalue weighted by atomic mass is 15.2. The Labute approximate surface area is 95.1 Å². The normalized spacial score (nSPS) is 11.0. The minimum Gasteiger partial charge on any atom is -0.353 e. The number of aryl methyl sites for hydroxylation is 1. The van der Waals surface area contributed by atoms with Crippen molar-refractivity contribution in [3.8, 4) is 0 Å². The van der Waals surface area contributed by atoms with Crippen molar-refractivity contribution in [3.05, 3.63) is 30.4 Å². The fraction of sp³-hybridized carbons (Fsp3) is 0.455. The number of nitrogens with one attached hydrogen (secondary N) is 1. The van der Waals surface area contributed by atoms with Gasteiger partial charge >= 0.3 is 0 Å². The zero-order valence-electron chi connectivity index (χ0n) is 9.88. The molecular formula is C11H17N5. The quantitative estimate of drug-likeness (QED) is 0.847. The number of hydrogen-bond donors (Lipinski definition) is 1. The topological polar surface area (TPSA) is 47.7 Å². The molecular weight excluding hydrogens is 202 g/mol. The Morgan fingerprint density at radius 2 is 2.25 bits per heavy atom. The van der Waals surface area contributed by atoms with Gasteiger partial charge in [0.15, 0.2) is 0 Å². The molecule has 16 heavy (non-hydrogen) atoms. The number of rotatable bonds is 4. The summed E-state index contributed by atoms with van der Waals surface area (Å²) in [6, 6.07) is 0.384. The van der Waals surface area contributed by atoms with Crippen LogP contribution >= 0.6 is 0 Å². The summed E-state index contributed by atoms with van der Waals surface area (Å²) in [6.07, 6.45) is 7.66. The molecule has 86 valence electrons. The highest BCUT2D eigenvalue weighted by Crippen LogP contribution is 2.09. The fourth-order valence-electron chi connectivity index (χ4n) is 1.59. The molecule has 2 aromatic rings. The third-order valence-corrected chi connectivity index (χ3v) is 2.24. The molecule has 0 aliphatic heterocycles. The van der Waals surface area contributed by atoms with E-state index in [-0.39, 0.29) is 0 Å². The van der Waals surface area contributed by atoms with Crippen molar-refractivity contribution in [3.63, 3.8) is 0 Å². The Morgan fingerprint density at radius 3 is 2.88 bits per heavy atom. The molecule has 0 saturated carbocycles. The summed E-state index contributed by atoms with van der Waals surface area (Å²) in [6.45, 7) is 5.00. The molecule has 5 heteroatoms. The standard InChI is InChI=1S/C11H17N5/c1-9(2)14-11-12-4-5-16(11)8-10-6-13-15(3)7-10/h4-7,9H,8H2,1-3H3,(H,12,14). The Balaban J connectivity index is 2.12. The molecule has 2 aromatic heterocycles. The molecule has 0 amide bonds. The molecule has 2 heterocycles. The third-order valence-electron chi connectivity index (χ3n) is 2.24. The Morgan fingerprint density at radius 1 is 1.44 bits per heavy atom. The van der Waals surface area contributed by atoms with Crippen LogP contribution < -0.4 is 5.32 Å². The number of anilines is 1. The van der Waals surface area contributed by atoms with Gasteiger partial charge in [-0.3, -0.25) is 4.68 Å². The molecule has 0 bridgehead atoms. The van der Waals surface area contributed by atoms with Crippen molar-refractivity contribution >= 4 is 5.95 Å². The molecule has 1 N–H and O–H groups in total. The highest BCUT2D eigenvalue weighted by molar-refractivity contribution is 5.28. The van der Waals surface area contributed by atoms with Crippen molar-refractivity contribution in [2.24, 2.45) is 7.05 Å². The maximum Gasteiger partial charge on any atom is 0.203 e. The summed E-state index contributed by atoms with van der Waals surface area (Å²) in [5, 5.41) is 7.46. The number of imidazole rings is 1. The smallest absolute Gasteiger partial charge is 0.203 e. The summed E-state index contributed by atoms with van der Waals surface area (Å²) in [5.41, 5.74) is 1.17. The minimum absolute atomic E-state index is 0.384. The first-order valence-electron chi connectivity index (χ1n) is 5.40. The van der Waals surface area contributed by atoms with E-state index in [0.29, 0.717) is 6.04 Å². The molecule has 2 rings (SSSR count). The van der Waals surface area contributed by atoms with E-state index in [2.05, 4.69) is 33.8 Å². The van der Waals surface area contributed by atoms with Crippen LogP contribution in [0.3, 0.4) is 0 Å². The van der Waals surface area contributed by atoms with Crippen LogP contribution in [0, 0.1) is 0 Å². The van der Waals surface area contributed by atoms with E-state index >= 15 is 0 Å². The monoisotopic (exact) mass is 219 g/mol. The average molecular weight is 219 g/mol. The first-order valence-corrected chi connectivity index (χ1v) is 5.40. The van der Waals surface area contributed by atoms with E-state index < -0.39 is 0 Å². The minimum atomic E-state index is 0.384. The van der Waals surface area contributed by atoms with E-state index in [0.717, 1.165) is 12.5 Å². The number of nitrogens with zero attached hydrogens (tertiary/aromatic N) is 4. The maximum atomic E-state index is 4.28. The third kappa shape index (κ3) is 2.42. The van der Waals surface area contributed by atoms with Crippen LogP contribution in [0.1, 0.15) is 19.4 Å². The van der Waals surface area contributed by atoms with Crippen molar-refractivity contribution in [2.75, 3.05) is 5.32 Å². The van der Waals surface area contributed by atoms with Gasteiger partial charge in [0.2, 0.25) is 5.95 Å². The number of hydrogen-bond acceptors (Lipinski definition) is 3. The summed E-state index contributed by atoms with van der Waals surface area (Å²) < 4.78 is 3.89. The molecule has 0 spiro atoms. The summed E-state index contributed by atoms with van der Waals surface area (Å²) in [4.78, 5) is 4.28. The highest BCUT2D eigenvalue weighted by Gasteiger charge is 2.05. The second-order valence-electron chi connectivity index (χ2n) is 4.20. The van der Waals surface area contributed by atoms with Gasteiger partial charge in [0.05, 0.1) is 12.7 Å². The van der Waals surface area contributed by atoms with Crippen molar-refractivity contribution in [1.82, 2.24) is 19.3 Å². The van der Waals surface area contributed by atoms with E-state index in [9.17, 15) is 0 Å².